The Hall–Kier alpha value is -0.680. The van der Waals surface area contributed by atoms with Crippen molar-refractivity contribution in [3.8, 4) is 0 Å². The van der Waals surface area contributed by atoms with E-state index in [1.165, 1.54) is 0 Å². The molecule has 0 amide bonds. The summed E-state index contributed by atoms with van der Waals surface area (Å²) in [6.45, 7) is 9.43. The van der Waals surface area contributed by atoms with Gasteiger partial charge in [0.2, 0.25) is 0 Å². The molecule has 0 rings (SSSR count). The molecule has 0 aromatic rings. The van der Waals surface area contributed by atoms with E-state index in [-0.39, 0.29) is 54.6 Å². The van der Waals surface area contributed by atoms with Gasteiger partial charge in [0, 0.05) is 6.92 Å². The summed E-state index contributed by atoms with van der Waals surface area (Å²) in [6, 6.07) is 0. The van der Waals surface area contributed by atoms with Crippen molar-refractivity contribution >= 4 is 57.6 Å². The number of carbonyl (C=O) groups excluding carboxylic acids is 2. The molecule has 33 heavy (non-hydrogen) atoms. The normalized spacial score (nSPS) is 13.4. The first-order chi connectivity index (χ1) is 14.9. The van der Waals surface area contributed by atoms with Crippen molar-refractivity contribution in [2.45, 2.75) is 97.7 Å². The SMILES string of the molecule is CC(=O)O.CCCCC(CC)COC(=O)CC(C(=O)OCC(CC)CCCC)S(=O)(=O)O.[NaH]. The maximum absolute atomic E-state index is 12.2. The molecule has 11 heteroatoms. The van der Waals surface area contributed by atoms with Crippen molar-refractivity contribution in [2.75, 3.05) is 13.2 Å². The van der Waals surface area contributed by atoms with Gasteiger partial charge in [0.1, 0.15) is 0 Å². The molecule has 0 fully saturated rings. The van der Waals surface area contributed by atoms with E-state index in [0.29, 0.717) is 0 Å². The molecule has 0 bridgehead atoms. The third-order valence-electron chi connectivity index (χ3n) is 5.00. The first kappa shape index (κ1) is 36.9. The Bertz CT molecular complexity index is 634. The van der Waals surface area contributed by atoms with Crippen LogP contribution in [0, 0.1) is 11.8 Å². The minimum absolute atomic E-state index is 0. The van der Waals surface area contributed by atoms with Gasteiger partial charge in [-0.15, -0.1) is 0 Å². The Labute approximate surface area is 221 Å². The van der Waals surface area contributed by atoms with Crippen LogP contribution in [0.2, 0.25) is 0 Å². The number of hydrogen-bond acceptors (Lipinski definition) is 7. The number of rotatable bonds is 16. The zero-order chi connectivity index (χ0) is 25.2. The predicted molar refractivity (Wildman–Crippen MR) is 129 cm³/mol. The number of unbranched alkanes of at least 4 members (excludes halogenated alkanes) is 2. The fraction of sp³-hybridized carbons (Fsp3) is 0.864. The second-order valence-corrected chi connectivity index (χ2v) is 9.47. The Morgan fingerprint density at radius 2 is 1.24 bits per heavy atom. The average molecular weight is 507 g/mol. The summed E-state index contributed by atoms with van der Waals surface area (Å²) in [6.07, 6.45) is 6.74. The van der Waals surface area contributed by atoms with Crippen LogP contribution in [0.25, 0.3) is 0 Å². The summed E-state index contributed by atoms with van der Waals surface area (Å²) < 4.78 is 42.8. The van der Waals surface area contributed by atoms with Gasteiger partial charge in [-0.1, -0.05) is 66.2 Å². The van der Waals surface area contributed by atoms with Crippen LogP contribution < -0.4 is 0 Å². The molecule has 192 valence electrons. The van der Waals surface area contributed by atoms with Gasteiger partial charge in [0.25, 0.3) is 16.1 Å². The van der Waals surface area contributed by atoms with Gasteiger partial charge in [-0.3, -0.25) is 18.9 Å². The molecule has 0 saturated carbocycles. The Balaban J connectivity index is -0.00000165. The van der Waals surface area contributed by atoms with Crippen molar-refractivity contribution in [3.05, 3.63) is 0 Å². The van der Waals surface area contributed by atoms with Crippen LogP contribution >= 0.6 is 0 Å². The number of hydrogen-bond donors (Lipinski definition) is 2. The molecule has 0 saturated heterocycles. The number of aliphatic carboxylic acids is 1. The van der Waals surface area contributed by atoms with Gasteiger partial charge in [0.15, 0.2) is 5.25 Å². The topological polar surface area (TPSA) is 144 Å². The number of carbonyl (C=O) groups is 3. The molecule has 0 heterocycles. The van der Waals surface area contributed by atoms with Crippen molar-refractivity contribution in [1.82, 2.24) is 0 Å². The second-order valence-electron chi connectivity index (χ2n) is 7.87. The molecular weight excluding hydrogens is 463 g/mol. The van der Waals surface area contributed by atoms with E-state index in [1.54, 1.807) is 0 Å². The van der Waals surface area contributed by atoms with Crippen LogP contribution in [0.4, 0.5) is 0 Å². The van der Waals surface area contributed by atoms with Gasteiger partial charge in [0.05, 0.1) is 19.6 Å². The third-order valence-corrected chi connectivity index (χ3v) is 6.08. The fourth-order valence-electron chi connectivity index (χ4n) is 2.82. The second kappa shape index (κ2) is 21.8. The van der Waals surface area contributed by atoms with Crippen LogP contribution in [-0.4, -0.2) is 84.0 Å². The van der Waals surface area contributed by atoms with Crippen LogP contribution in [-0.2, 0) is 34.0 Å². The monoisotopic (exact) mass is 506 g/mol. The molecule has 0 aromatic carbocycles. The Morgan fingerprint density at radius 1 is 0.848 bits per heavy atom. The van der Waals surface area contributed by atoms with Crippen LogP contribution in [0.3, 0.4) is 0 Å². The summed E-state index contributed by atoms with van der Waals surface area (Å²) >= 11 is 0. The number of carboxylic acid groups (broad SMARTS) is 1. The van der Waals surface area contributed by atoms with E-state index in [2.05, 4.69) is 13.8 Å². The standard InChI is InChI=1S/C20H38O7S.C2H4O2.Na.H/c1-5-9-11-16(7-3)14-26-19(21)13-18(28(23,24)25)20(22)27-15-17(8-4)12-10-6-2;1-2(3)4;;/h16-18H,5-15H2,1-4H3,(H,23,24,25);1H3,(H,3,4);;. The van der Waals surface area contributed by atoms with Gasteiger partial charge >= 0.3 is 41.5 Å². The number of ether oxygens (including phenoxy) is 2. The van der Waals surface area contributed by atoms with Crippen molar-refractivity contribution in [2.24, 2.45) is 11.8 Å². The van der Waals surface area contributed by atoms with Gasteiger partial charge in [-0.2, -0.15) is 8.42 Å². The maximum atomic E-state index is 12.2. The molecule has 0 aliphatic carbocycles. The molecule has 3 atom stereocenters. The third kappa shape index (κ3) is 21.6. The first-order valence-corrected chi connectivity index (χ1v) is 12.9. The fourth-order valence-corrected chi connectivity index (χ4v) is 3.48. The first-order valence-electron chi connectivity index (χ1n) is 11.4. The number of esters is 2. The van der Waals surface area contributed by atoms with Gasteiger partial charge in [-0.05, 0) is 24.7 Å². The van der Waals surface area contributed by atoms with Gasteiger partial charge < -0.3 is 14.6 Å². The summed E-state index contributed by atoms with van der Waals surface area (Å²) in [5, 5.41) is 5.47. The van der Waals surface area contributed by atoms with Crippen LogP contribution in [0.1, 0.15) is 92.4 Å². The van der Waals surface area contributed by atoms with Crippen LogP contribution in [0.5, 0.6) is 0 Å². The van der Waals surface area contributed by atoms with E-state index in [4.69, 9.17) is 19.4 Å². The molecule has 0 spiro atoms. The summed E-state index contributed by atoms with van der Waals surface area (Å²) in [7, 11) is -4.76. The van der Waals surface area contributed by atoms with E-state index in [9.17, 15) is 22.6 Å². The summed E-state index contributed by atoms with van der Waals surface area (Å²) in [5.41, 5.74) is 0. The van der Waals surface area contributed by atoms with Gasteiger partial charge in [-0.25, -0.2) is 0 Å². The molecule has 2 N–H and O–H groups in total. The predicted octanol–water partition coefficient (Wildman–Crippen LogP) is 3.59. The zero-order valence-electron chi connectivity index (χ0n) is 20.2. The van der Waals surface area contributed by atoms with E-state index in [1.807, 2.05) is 13.8 Å². The molecule has 3 unspecified atom stereocenters. The molecule has 0 aliphatic heterocycles. The minimum atomic E-state index is -4.76. The van der Waals surface area contributed by atoms with Crippen molar-refractivity contribution in [1.29, 1.82) is 0 Å². The molecule has 0 radical (unpaired) electrons. The van der Waals surface area contributed by atoms with Crippen molar-refractivity contribution < 1.29 is 41.9 Å². The Kier molecular flexibility index (Phi) is 24.4. The summed E-state index contributed by atoms with van der Waals surface area (Å²) in [4.78, 5) is 33.2. The molecule has 9 nitrogen and oxygen atoms in total. The van der Waals surface area contributed by atoms with E-state index < -0.39 is 39.7 Å². The van der Waals surface area contributed by atoms with Crippen LogP contribution in [0.15, 0.2) is 0 Å². The quantitative estimate of drug-likeness (QED) is 0.182. The van der Waals surface area contributed by atoms with E-state index >= 15 is 0 Å². The summed E-state index contributed by atoms with van der Waals surface area (Å²) in [5.74, 6) is -2.44. The molecule has 0 aromatic heterocycles. The molecule has 0 aliphatic rings. The van der Waals surface area contributed by atoms with Crippen molar-refractivity contribution in [3.63, 3.8) is 0 Å². The van der Waals surface area contributed by atoms with E-state index in [0.717, 1.165) is 58.3 Å². The number of carboxylic acids is 1. The molecular formula is C22H43NaO9S. The Morgan fingerprint density at radius 3 is 1.58 bits per heavy atom. The zero-order valence-corrected chi connectivity index (χ0v) is 21.0. The average Bonchev–Trinajstić information content (AvgIpc) is 2.70.